The van der Waals surface area contributed by atoms with E-state index in [9.17, 15) is 14.4 Å². The van der Waals surface area contributed by atoms with Crippen molar-refractivity contribution in [1.82, 2.24) is 0 Å². The van der Waals surface area contributed by atoms with Gasteiger partial charge in [-0.2, -0.15) is 0 Å². The summed E-state index contributed by atoms with van der Waals surface area (Å²) in [7, 11) is 1.51. The molecular formula is C23H21ClN2O5. The molecule has 2 bridgehead atoms. The number of carbonyl (C=O) groups excluding carboxylic acids is 3. The highest BCUT2D eigenvalue weighted by Gasteiger charge is 2.63. The molecule has 0 spiro atoms. The van der Waals surface area contributed by atoms with Gasteiger partial charge in [-0.3, -0.25) is 14.4 Å². The number of ether oxygens (including phenoxy) is 2. The molecule has 31 heavy (non-hydrogen) atoms. The van der Waals surface area contributed by atoms with Gasteiger partial charge >= 0.3 is 5.97 Å². The Hall–Kier alpha value is -3.06. The molecule has 0 radical (unpaired) electrons. The molecule has 2 amide bonds. The fraction of sp³-hybridized carbons (Fsp3) is 0.348. The Labute approximate surface area is 184 Å². The molecule has 2 aliphatic carbocycles. The number of nitrogens with one attached hydrogen (secondary N) is 2. The van der Waals surface area contributed by atoms with Gasteiger partial charge in [-0.05, 0) is 55.2 Å². The van der Waals surface area contributed by atoms with Gasteiger partial charge in [0.05, 0.1) is 24.6 Å². The van der Waals surface area contributed by atoms with Crippen molar-refractivity contribution in [2.45, 2.75) is 18.9 Å². The molecule has 8 heteroatoms. The van der Waals surface area contributed by atoms with Crippen LogP contribution in [0.25, 0.3) is 0 Å². The molecule has 5 rings (SSSR count). The van der Waals surface area contributed by atoms with E-state index in [2.05, 4.69) is 10.6 Å². The van der Waals surface area contributed by atoms with E-state index in [4.69, 9.17) is 21.1 Å². The first-order valence-electron chi connectivity index (χ1n) is 10.2. The summed E-state index contributed by atoms with van der Waals surface area (Å²) in [6.07, 6.45) is 1.61. The Morgan fingerprint density at radius 3 is 2.77 bits per heavy atom. The van der Waals surface area contributed by atoms with Crippen LogP contribution in [-0.4, -0.2) is 31.0 Å². The average Bonchev–Trinajstić information content (AvgIpc) is 3.37. The first-order valence-corrected chi connectivity index (χ1v) is 10.6. The number of methoxy groups -OCH3 is 1. The first-order chi connectivity index (χ1) is 14.9. The molecule has 0 unspecified atom stereocenters. The highest BCUT2D eigenvalue weighted by Crippen LogP contribution is 2.57. The van der Waals surface area contributed by atoms with E-state index >= 15 is 0 Å². The van der Waals surface area contributed by atoms with Crippen LogP contribution < -0.4 is 15.4 Å². The van der Waals surface area contributed by atoms with Crippen molar-refractivity contribution < 1.29 is 23.9 Å². The summed E-state index contributed by atoms with van der Waals surface area (Å²) in [6.45, 7) is 0. The molecule has 2 aromatic carbocycles. The van der Waals surface area contributed by atoms with E-state index in [1.165, 1.54) is 7.11 Å². The lowest BCUT2D eigenvalue weighted by molar-refractivity contribution is -0.145. The summed E-state index contributed by atoms with van der Waals surface area (Å²) < 4.78 is 10.7. The number of esters is 1. The molecule has 1 saturated heterocycles. The zero-order chi connectivity index (χ0) is 21.7. The Kier molecular flexibility index (Phi) is 4.85. The molecule has 5 atom stereocenters. The molecule has 7 nitrogen and oxygen atoms in total. The summed E-state index contributed by atoms with van der Waals surface area (Å²) in [6, 6.07) is 11.6. The van der Waals surface area contributed by atoms with Crippen LogP contribution in [0.5, 0.6) is 5.75 Å². The van der Waals surface area contributed by atoms with Gasteiger partial charge in [-0.15, -0.1) is 0 Å². The van der Waals surface area contributed by atoms with Crippen molar-refractivity contribution in [1.29, 1.82) is 0 Å². The van der Waals surface area contributed by atoms with Crippen molar-refractivity contribution in [3.8, 4) is 5.75 Å². The van der Waals surface area contributed by atoms with Crippen molar-refractivity contribution >= 4 is 40.8 Å². The summed E-state index contributed by atoms with van der Waals surface area (Å²) in [4.78, 5) is 37.9. The quantitative estimate of drug-likeness (QED) is 0.691. The van der Waals surface area contributed by atoms with Crippen LogP contribution in [0.4, 0.5) is 11.4 Å². The van der Waals surface area contributed by atoms with E-state index in [0.29, 0.717) is 27.7 Å². The number of anilines is 2. The van der Waals surface area contributed by atoms with Crippen molar-refractivity contribution in [3.63, 3.8) is 0 Å². The Morgan fingerprint density at radius 2 is 1.97 bits per heavy atom. The SMILES string of the molecule is COc1ccc(Cl)cc1NC(=O)c1cccc(NC(=O)[C@@H]2[C@H]3C[C@@H]4[C@@H]2C(=O)O[C@@H]4C3)c1. The molecule has 1 aliphatic heterocycles. The fourth-order valence-corrected chi connectivity index (χ4v) is 5.47. The second-order valence-corrected chi connectivity index (χ2v) is 8.73. The van der Waals surface area contributed by atoms with Crippen LogP contribution >= 0.6 is 11.6 Å². The van der Waals surface area contributed by atoms with Gasteiger partial charge < -0.3 is 20.1 Å². The number of hydrogen-bond donors (Lipinski definition) is 2. The maximum absolute atomic E-state index is 13.0. The molecule has 3 aliphatic rings. The van der Waals surface area contributed by atoms with Gasteiger partial charge in [-0.1, -0.05) is 17.7 Å². The Morgan fingerprint density at radius 1 is 1.13 bits per heavy atom. The lowest BCUT2D eigenvalue weighted by atomic mass is 9.79. The van der Waals surface area contributed by atoms with Gasteiger partial charge in [0.2, 0.25) is 5.91 Å². The summed E-state index contributed by atoms with van der Waals surface area (Å²) in [5.41, 5.74) is 1.32. The molecule has 2 saturated carbocycles. The van der Waals surface area contributed by atoms with Gasteiger partial charge in [0.25, 0.3) is 5.91 Å². The van der Waals surface area contributed by atoms with E-state index < -0.39 is 0 Å². The van der Waals surface area contributed by atoms with E-state index in [-0.39, 0.29) is 47.6 Å². The predicted molar refractivity (Wildman–Crippen MR) is 114 cm³/mol. The lowest BCUT2D eigenvalue weighted by Crippen LogP contribution is -2.35. The van der Waals surface area contributed by atoms with Crippen LogP contribution in [-0.2, 0) is 14.3 Å². The second-order valence-electron chi connectivity index (χ2n) is 8.29. The van der Waals surface area contributed by atoms with Crippen molar-refractivity contribution in [2.75, 3.05) is 17.7 Å². The minimum Gasteiger partial charge on any atom is -0.495 e. The summed E-state index contributed by atoms with van der Waals surface area (Å²) in [5.74, 6) is -0.692. The van der Waals surface area contributed by atoms with Gasteiger partial charge in [-0.25, -0.2) is 0 Å². The van der Waals surface area contributed by atoms with Gasteiger partial charge in [0, 0.05) is 22.2 Å². The van der Waals surface area contributed by atoms with E-state index in [1.54, 1.807) is 42.5 Å². The topological polar surface area (TPSA) is 93.7 Å². The van der Waals surface area contributed by atoms with Crippen LogP contribution in [0.1, 0.15) is 23.2 Å². The van der Waals surface area contributed by atoms with Gasteiger partial charge in [0.1, 0.15) is 11.9 Å². The van der Waals surface area contributed by atoms with E-state index in [1.807, 2.05) is 0 Å². The average molecular weight is 441 g/mol. The normalized spacial score (nSPS) is 27.7. The number of halogens is 1. The zero-order valence-corrected chi connectivity index (χ0v) is 17.5. The fourth-order valence-electron chi connectivity index (χ4n) is 5.30. The number of rotatable bonds is 5. The third-order valence-corrected chi connectivity index (χ3v) is 6.82. The second kappa shape index (κ2) is 7.57. The number of hydrogen-bond acceptors (Lipinski definition) is 5. The minimum absolute atomic E-state index is 0.0120. The zero-order valence-electron chi connectivity index (χ0n) is 16.8. The summed E-state index contributed by atoms with van der Waals surface area (Å²) >= 11 is 6.02. The highest BCUT2D eigenvalue weighted by atomic mass is 35.5. The third kappa shape index (κ3) is 3.43. The Balaban J connectivity index is 1.31. The monoisotopic (exact) mass is 440 g/mol. The molecule has 1 heterocycles. The highest BCUT2D eigenvalue weighted by molar-refractivity contribution is 6.31. The van der Waals surface area contributed by atoms with Crippen molar-refractivity contribution in [3.05, 3.63) is 53.1 Å². The Bertz CT molecular complexity index is 1090. The predicted octanol–water partition coefficient (Wildman–Crippen LogP) is 3.74. The van der Waals surface area contributed by atoms with Crippen LogP contribution in [0, 0.1) is 23.7 Å². The molecule has 2 aromatic rings. The minimum atomic E-state index is -0.371. The maximum atomic E-state index is 13.0. The van der Waals surface area contributed by atoms with Crippen LogP contribution in [0.3, 0.4) is 0 Å². The van der Waals surface area contributed by atoms with E-state index in [0.717, 1.165) is 12.8 Å². The number of benzene rings is 2. The summed E-state index contributed by atoms with van der Waals surface area (Å²) in [5, 5.41) is 6.14. The molecule has 160 valence electrons. The smallest absolute Gasteiger partial charge is 0.310 e. The van der Waals surface area contributed by atoms with Crippen LogP contribution in [0.15, 0.2) is 42.5 Å². The van der Waals surface area contributed by atoms with Crippen molar-refractivity contribution in [2.24, 2.45) is 23.7 Å². The third-order valence-electron chi connectivity index (χ3n) is 6.59. The maximum Gasteiger partial charge on any atom is 0.310 e. The first kappa shape index (κ1) is 19.9. The number of carbonyl (C=O) groups is 3. The molecule has 2 N–H and O–H groups in total. The lowest BCUT2D eigenvalue weighted by Gasteiger charge is -2.23. The largest absolute Gasteiger partial charge is 0.495 e. The van der Waals surface area contributed by atoms with Gasteiger partial charge in [0.15, 0.2) is 0 Å². The number of fused-ring (bicyclic) bond motifs is 1. The van der Waals surface area contributed by atoms with Crippen LogP contribution in [0.2, 0.25) is 5.02 Å². The molecule has 3 fully saturated rings. The molecule has 0 aromatic heterocycles. The molecular weight excluding hydrogens is 420 g/mol. The number of amides is 2. The standard InChI is InChI=1S/C23H21ClN2O5/c1-30-17-6-5-13(24)10-16(17)26-21(27)11-3-2-4-14(7-11)25-22(28)19-12-8-15-18(9-12)31-23(29)20(15)19/h2-7,10,12,15,18-20H,8-9H2,1H3,(H,25,28)(H,26,27)/t12-,15-,18+,19+,20-/m0/s1.